The van der Waals surface area contributed by atoms with E-state index in [-0.39, 0.29) is 0 Å². The van der Waals surface area contributed by atoms with Crippen molar-refractivity contribution in [1.82, 2.24) is 19.6 Å². The maximum Gasteiger partial charge on any atom is 0.255 e. The Morgan fingerprint density at radius 3 is 2.75 bits per heavy atom. The van der Waals surface area contributed by atoms with E-state index in [1.54, 1.807) is 10.8 Å². The Kier molecular flexibility index (Phi) is 2.88. The van der Waals surface area contributed by atoms with E-state index in [0.717, 1.165) is 36.5 Å². The molecule has 0 fully saturated rings. The van der Waals surface area contributed by atoms with Gasteiger partial charge in [-0.15, -0.1) is 5.10 Å². The van der Waals surface area contributed by atoms with Crippen molar-refractivity contribution in [3.8, 4) is 11.6 Å². The van der Waals surface area contributed by atoms with Crippen LogP contribution in [0.3, 0.4) is 0 Å². The Labute approximate surface area is 138 Å². The van der Waals surface area contributed by atoms with Crippen molar-refractivity contribution in [1.29, 1.82) is 0 Å². The third-order valence-electron chi connectivity index (χ3n) is 4.29. The summed E-state index contributed by atoms with van der Waals surface area (Å²) in [6.45, 7) is 0. The molecule has 118 valence electrons. The van der Waals surface area contributed by atoms with Gasteiger partial charge < -0.3 is 9.73 Å². The fourth-order valence-electron chi connectivity index (χ4n) is 3.18. The number of anilines is 2. The van der Waals surface area contributed by atoms with Gasteiger partial charge in [0.25, 0.3) is 5.78 Å². The fourth-order valence-corrected chi connectivity index (χ4v) is 3.18. The Hall–Kier alpha value is -3.15. The van der Waals surface area contributed by atoms with E-state index in [1.807, 2.05) is 42.5 Å². The first-order chi connectivity index (χ1) is 11.9. The standard InChI is InChI=1S/C18H15N5O/c1-2-6-12(7-3-1)19-17-13-8-4-9-14(13)20-18-21-16(22-23(17)18)15-10-5-11-24-15/h1-3,5-7,10-11,19H,4,8-9H2. The van der Waals surface area contributed by atoms with Gasteiger partial charge in [0, 0.05) is 11.3 Å². The van der Waals surface area contributed by atoms with Crippen LogP contribution in [-0.2, 0) is 12.8 Å². The van der Waals surface area contributed by atoms with Crippen LogP contribution in [0.1, 0.15) is 17.7 Å². The summed E-state index contributed by atoms with van der Waals surface area (Å²) in [6, 6.07) is 13.8. The van der Waals surface area contributed by atoms with Gasteiger partial charge in [0.05, 0.1) is 12.0 Å². The molecular formula is C18H15N5O. The first-order valence-electron chi connectivity index (χ1n) is 8.03. The van der Waals surface area contributed by atoms with Crippen molar-refractivity contribution >= 4 is 17.3 Å². The average Bonchev–Trinajstić information content (AvgIpc) is 3.35. The smallest absolute Gasteiger partial charge is 0.255 e. The van der Waals surface area contributed by atoms with Gasteiger partial charge >= 0.3 is 0 Å². The van der Waals surface area contributed by atoms with Gasteiger partial charge in [-0.05, 0) is 43.5 Å². The highest BCUT2D eigenvalue weighted by Gasteiger charge is 2.23. The number of hydrogen-bond acceptors (Lipinski definition) is 5. The summed E-state index contributed by atoms with van der Waals surface area (Å²) < 4.78 is 7.21. The summed E-state index contributed by atoms with van der Waals surface area (Å²) in [5, 5.41) is 8.11. The zero-order valence-electron chi connectivity index (χ0n) is 12.9. The van der Waals surface area contributed by atoms with Crippen LogP contribution in [0.2, 0.25) is 0 Å². The maximum atomic E-state index is 5.42. The number of furan rings is 1. The molecule has 0 bridgehead atoms. The molecule has 0 amide bonds. The SMILES string of the molecule is c1ccc(Nc2c3c(nc4nc(-c5ccco5)nn24)CCC3)cc1. The van der Waals surface area contributed by atoms with E-state index < -0.39 is 0 Å². The summed E-state index contributed by atoms with van der Waals surface area (Å²) >= 11 is 0. The van der Waals surface area contributed by atoms with E-state index >= 15 is 0 Å². The van der Waals surface area contributed by atoms with Gasteiger partial charge in [-0.3, -0.25) is 0 Å². The highest BCUT2D eigenvalue weighted by molar-refractivity contribution is 5.65. The molecule has 0 aliphatic heterocycles. The number of fused-ring (bicyclic) bond motifs is 2. The van der Waals surface area contributed by atoms with Crippen LogP contribution in [0, 0.1) is 0 Å². The molecule has 1 aromatic carbocycles. The van der Waals surface area contributed by atoms with Crippen molar-refractivity contribution < 1.29 is 4.42 Å². The summed E-state index contributed by atoms with van der Waals surface area (Å²) in [5.41, 5.74) is 3.36. The number of nitrogens with zero attached hydrogens (tertiary/aromatic N) is 4. The summed E-state index contributed by atoms with van der Waals surface area (Å²) in [7, 11) is 0. The molecule has 6 heteroatoms. The van der Waals surface area contributed by atoms with Gasteiger partial charge in [-0.1, -0.05) is 18.2 Å². The zero-order chi connectivity index (χ0) is 15.9. The van der Waals surface area contributed by atoms with Gasteiger partial charge in [0.15, 0.2) is 5.76 Å². The predicted molar refractivity (Wildman–Crippen MR) is 90.2 cm³/mol. The van der Waals surface area contributed by atoms with E-state index in [9.17, 15) is 0 Å². The molecule has 3 aromatic heterocycles. The molecule has 4 aromatic rings. The molecule has 0 atom stereocenters. The van der Waals surface area contributed by atoms with Crippen molar-refractivity contribution in [3.05, 3.63) is 60.0 Å². The number of para-hydroxylation sites is 1. The molecule has 0 saturated carbocycles. The van der Waals surface area contributed by atoms with Gasteiger partial charge in [-0.2, -0.15) is 9.50 Å². The van der Waals surface area contributed by atoms with Crippen LogP contribution in [0.5, 0.6) is 0 Å². The Bertz CT molecular complexity index is 1010. The minimum Gasteiger partial charge on any atom is -0.461 e. The molecular weight excluding hydrogens is 302 g/mol. The number of nitrogens with one attached hydrogen (secondary N) is 1. The van der Waals surface area contributed by atoms with Gasteiger partial charge in [0.2, 0.25) is 5.82 Å². The second-order valence-corrected chi connectivity index (χ2v) is 5.85. The molecule has 1 N–H and O–H groups in total. The number of aryl methyl sites for hydroxylation is 1. The average molecular weight is 317 g/mol. The fraction of sp³-hybridized carbons (Fsp3) is 0.167. The van der Waals surface area contributed by atoms with Gasteiger partial charge in [0.1, 0.15) is 5.82 Å². The Balaban J connectivity index is 1.71. The lowest BCUT2D eigenvalue weighted by Gasteiger charge is -2.12. The molecule has 0 saturated heterocycles. The van der Waals surface area contributed by atoms with E-state index in [1.165, 1.54) is 5.56 Å². The second kappa shape index (κ2) is 5.19. The van der Waals surface area contributed by atoms with Crippen molar-refractivity contribution in [2.24, 2.45) is 0 Å². The largest absolute Gasteiger partial charge is 0.461 e. The lowest BCUT2D eigenvalue weighted by atomic mass is 10.2. The molecule has 3 heterocycles. The quantitative estimate of drug-likeness (QED) is 0.625. The van der Waals surface area contributed by atoms with Crippen LogP contribution >= 0.6 is 0 Å². The Morgan fingerprint density at radius 1 is 1.00 bits per heavy atom. The molecule has 1 aliphatic carbocycles. The number of benzene rings is 1. The highest BCUT2D eigenvalue weighted by atomic mass is 16.3. The third-order valence-corrected chi connectivity index (χ3v) is 4.29. The highest BCUT2D eigenvalue weighted by Crippen LogP contribution is 2.31. The van der Waals surface area contributed by atoms with E-state index in [4.69, 9.17) is 9.40 Å². The zero-order valence-corrected chi connectivity index (χ0v) is 12.9. The third kappa shape index (κ3) is 2.07. The monoisotopic (exact) mass is 317 g/mol. The molecule has 5 rings (SSSR count). The predicted octanol–water partition coefficient (Wildman–Crippen LogP) is 3.62. The summed E-state index contributed by atoms with van der Waals surface area (Å²) in [5.74, 6) is 2.74. The first-order valence-corrected chi connectivity index (χ1v) is 8.03. The van der Waals surface area contributed by atoms with Crippen LogP contribution in [0.15, 0.2) is 53.1 Å². The van der Waals surface area contributed by atoms with Gasteiger partial charge in [-0.25, -0.2) is 4.98 Å². The summed E-state index contributed by atoms with van der Waals surface area (Å²) in [6.07, 6.45) is 4.73. The topological polar surface area (TPSA) is 68.2 Å². The van der Waals surface area contributed by atoms with Crippen LogP contribution in [0.4, 0.5) is 11.5 Å². The lowest BCUT2D eigenvalue weighted by molar-refractivity contribution is 0.577. The van der Waals surface area contributed by atoms with Crippen LogP contribution < -0.4 is 5.32 Å². The summed E-state index contributed by atoms with van der Waals surface area (Å²) in [4.78, 5) is 9.24. The molecule has 6 nitrogen and oxygen atoms in total. The molecule has 0 spiro atoms. The molecule has 24 heavy (non-hydrogen) atoms. The number of hydrogen-bond donors (Lipinski definition) is 1. The lowest BCUT2D eigenvalue weighted by Crippen LogP contribution is -2.06. The number of aromatic nitrogens is 4. The normalized spacial score (nSPS) is 13.3. The first kappa shape index (κ1) is 13.3. The van der Waals surface area contributed by atoms with E-state index in [0.29, 0.717) is 17.4 Å². The molecule has 0 radical (unpaired) electrons. The van der Waals surface area contributed by atoms with Crippen molar-refractivity contribution in [2.45, 2.75) is 19.3 Å². The minimum absolute atomic E-state index is 0.548. The van der Waals surface area contributed by atoms with E-state index in [2.05, 4.69) is 15.4 Å². The molecule has 1 aliphatic rings. The Morgan fingerprint density at radius 2 is 1.92 bits per heavy atom. The minimum atomic E-state index is 0.548. The second-order valence-electron chi connectivity index (χ2n) is 5.85. The maximum absolute atomic E-state index is 5.42. The molecule has 0 unspecified atom stereocenters. The van der Waals surface area contributed by atoms with Crippen molar-refractivity contribution in [2.75, 3.05) is 5.32 Å². The van der Waals surface area contributed by atoms with Crippen LogP contribution in [0.25, 0.3) is 17.4 Å². The van der Waals surface area contributed by atoms with Crippen molar-refractivity contribution in [3.63, 3.8) is 0 Å². The number of rotatable bonds is 3. The van der Waals surface area contributed by atoms with Crippen LogP contribution in [-0.4, -0.2) is 19.6 Å².